The lowest BCUT2D eigenvalue weighted by molar-refractivity contribution is -0.205. The normalized spacial score (nSPS) is 36.2. The van der Waals surface area contributed by atoms with Crippen molar-refractivity contribution < 1.29 is 57.1 Å². The van der Waals surface area contributed by atoms with Crippen LogP contribution in [0.4, 0.5) is 13.2 Å². The van der Waals surface area contributed by atoms with Crippen molar-refractivity contribution in [2.24, 2.45) is 23.7 Å². The lowest BCUT2D eigenvalue weighted by atomic mass is 9.77. The number of Topliss-reactive ketones (excluding diaryl/α,β-unsaturated/α-hetero) is 1. The zero-order valence-corrected chi connectivity index (χ0v) is 37.7. The summed E-state index contributed by atoms with van der Waals surface area (Å²) in [7, 11) is 5.32. The molecule has 0 aromatic heterocycles. The SMILES string of the molecule is CC[C@H]1OC(=O)[C@H](C)C(=O)[C@H](C)[C@@H](O[C@@H]2C[C@H](C)C[C@H](N(C)C)[C@H]2O)[C@@](C)(OC)C[C@@H](C)CN(C(=O)CCCN2C=C(c3ccc(C(F)(F)F)cc3)NN2)[C@H](C)[C@@H](O)[C@]1(C)O. The van der Waals surface area contributed by atoms with Crippen LogP contribution in [0, 0.1) is 23.7 Å². The topological polar surface area (TPSA) is 173 Å². The Bertz CT molecular complexity index is 1680. The molecule has 14 nitrogen and oxygen atoms in total. The molecular weight excluding hydrogens is 800 g/mol. The molecule has 1 aromatic rings. The van der Waals surface area contributed by atoms with Gasteiger partial charge in [0.25, 0.3) is 0 Å². The van der Waals surface area contributed by atoms with Gasteiger partial charge in [0.2, 0.25) is 5.91 Å². The molecule has 2 aliphatic heterocycles. The van der Waals surface area contributed by atoms with Crippen LogP contribution in [0.25, 0.3) is 5.70 Å². The maximum Gasteiger partial charge on any atom is 0.416 e. The Balaban J connectivity index is 1.63. The van der Waals surface area contributed by atoms with Crippen LogP contribution >= 0.6 is 0 Å². The van der Waals surface area contributed by atoms with Gasteiger partial charge in [0.15, 0.2) is 5.78 Å². The number of cyclic esters (lactones) is 1. The number of amides is 1. The first-order chi connectivity index (χ1) is 28.4. The third kappa shape index (κ3) is 11.8. The van der Waals surface area contributed by atoms with Gasteiger partial charge in [0, 0.05) is 50.3 Å². The van der Waals surface area contributed by atoms with E-state index >= 15 is 0 Å². The Morgan fingerprint density at radius 3 is 2.25 bits per heavy atom. The van der Waals surface area contributed by atoms with Crippen molar-refractivity contribution in [3.63, 3.8) is 0 Å². The number of alkyl halides is 3. The van der Waals surface area contributed by atoms with Gasteiger partial charge in [-0.3, -0.25) is 19.4 Å². The summed E-state index contributed by atoms with van der Waals surface area (Å²) >= 11 is 0. The third-order valence-electron chi connectivity index (χ3n) is 13.1. The molecule has 346 valence electrons. The van der Waals surface area contributed by atoms with Crippen LogP contribution < -0.4 is 11.0 Å². The van der Waals surface area contributed by atoms with Crippen molar-refractivity contribution in [3.8, 4) is 0 Å². The summed E-state index contributed by atoms with van der Waals surface area (Å²) in [6.45, 7) is 14.1. The van der Waals surface area contributed by atoms with Crippen LogP contribution in [0.5, 0.6) is 0 Å². The summed E-state index contributed by atoms with van der Waals surface area (Å²) in [4.78, 5) is 45.8. The molecule has 1 amide bonds. The molecule has 2 fully saturated rings. The predicted octanol–water partition coefficient (Wildman–Crippen LogP) is 4.52. The highest BCUT2D eigenvalue weighted by molar-refractivity contribution is 6.00. The molecule has 0 bridgehead atoms. The van der Waals surface area contributed by atoms with E-state index in [2.05, 4.69) is 17.9 Å². The molecule has 61 heavy (non-hydrogen) atoms. The lowest BCUT2D eigenvalue weighted by Gasteiger charge is -2.47. The average Bonchev–Trinajstić information content (AvgIpc) is 3.68. The van der Waals surface area contributed by atoms with Gasteiger partial charge in [-0.1, -0.05) is 39.8 Å². The number of nitrogens with one attached hydrogen (secondary N) is 2. The minimum absolute atomic E-state index is 0.0286. The highest BCUT2D eigenvalue weighted by Crippen LogP contribution is 2.39. The minimum atomic E-state index is -4.45. The van der Waals surface area contributed by atoms with Gasteiger partial charge in [0.1, 0.15) is 23.7 Å². The molecule has 0 spiro atoms. The molecule has 1 saturated heterocycles. The zero-order chi connectivity index (χ0) is 45.8. The molecule has 17 heteroatoms. The zero-order valence-electron chi connectivity index (χ0n) is 37.7. The standard InChI is InChI=1S/C44H70F3N5O9/c1-12-35-43(8,58)39(56)29(6)52(36(53)14-13-19-51-24-32(48-49-51)30-15-17-31(18-16-30)44(45,46)47)23-26(3)22-42(7,59-11)40(27(4)37(54)28(5)41(57)61-35)60-34-21-25(2)20-33(38(34)55)50(9)10/h15-18,24-29,33-35,38-40,48-49,55-56,58H,12-14,19-23H2,1-11H3/t25-,26-,27+,28-,29-,33+,34-,35-,38-,39-,40-,42+,43-/m1/s1. The maximum absolute atomic E-state index is 14.3. The second-order valence-electron chi connectivity index (χ2n) is 18.4. The van der Waals surface area contributed by atoms with Gasteiger partial charge in [-0.2, -0.15) is 13.2 Å². The van der Waals surface area contributed by atoms with E-state index < -0.39 is 83.1 Å². The number of methoxy groups -OCH3 is 1. The first-order valence-electron chi connectivity index (χ1n) is 21.5. The number of ether oxygens (including phenoxy) is 3. The Morgan fingerprint density at radius 2 is 1.67 bits per heavy atom. The summed E-state index contributed by atoms with van der Waals surface area (Å²) in [6, 6.07) is 3.59. The van der Waals surface area contributed by atoms with Gasteiger partial charge in [-0.15, -0.1) is 5.53 Å². The number of aliphatic hydroxyl groups is 3. The van der Waals surface area contributed by atoms with Crippen molar-refractivity contribution >= 4 is 23.4 Å². The molecule has 13 atom stereocenters. The maximum atomic E-state index is 14.3. The van der Waals surface area contributed by atoms with Crippen molar-refractivity contribution in [2.45, 2.75) is 154 Å². The average molecular weight is 870 g/mol. The van der Waals surface area contributed by atoms with Crippen LogP contribution in [0.15, 0.2) is 30.5 Å². The number of esters is 1. The van der Waals surface area contributed by atoms with E-state index in [0.29, 0.717) is 30.6 Å². The number of likely N-dealkylation sites (N-methyl/N-ethyl adjacent to an activating group) is 1. The number of ketones is 1. The fourth-order valence-electron chi connectivity index (χ4n) is 9.34. The summed E-state index contributed by atoms with van der Waals surface area (Å²) in [5.74, 6) is -3.97. The fourth-order valence-corrected chi connectivity index (χ4v) is 9.34. The highest BCUT2D eigenvalue weighted by atomic mass is 19.4. The number of benzene rings is 1. The number of nitrogens with zero attached hydrogens (tertiary/aromatic N) is 3. The molecule has 0 radical (unpaired) electrons. The van der Waals surface area contributed by atoms with Crippen molar-refractivity contribution in [3.05, 3.63) is 41.6 Å². The number of hydrogen-bond donors (Lipinski definition) is 5. The number of carbonyl (C=O) groups excluding carboxylic acids is 3. The second kappa shape index (κ2) is 20.5. The van der Waals surface area contributed by atoms with Crippen LogP contribution in [0.2, 0.25) is 0 Å². The lowest BCUT2D eigenvalue weighted by Crippen LogP contribution is -2.60. The summed E-state index contributed by atoms with van der Waals surface area (Å²) in [6.07, 6.45) is -6.02. The fraction of sp³-hybridized carbons (Fsp3) is 0.750. The van der Waals surface area contributed by atoms with E-state index in [9.17, 15) is 42.9 Å². The molecule has 2 heterocycles. The first kappa shape index (κ1) is 50.3. The Hall–Kier alpha value is -3.32. The second-order valence-corrected chi connectivity index (χ2v) is 18.4. The quantitative estimate of drug-likeness (QED) is 0.164. The molecule has 5 N–H and O–H groups in total. The number of carbonyl (C=O) groups is 3. The van der Waals surface area contributed by atoms with Crippen LogP contribution in [0.1, 0.15) is 105 Å². The van der Waals surface area contributed by atoms with Gasteiger partial charge in [-0.25, -0.2) is 0 Å². The Labute approximate surface area is 359 Å². The van der Waals surface area contributed by atoms with E-state index in [1.165, 1.54) is 38.0 Å². The van der Waals surface area contributed by atoms with Crippen LogP contribution in [-0.4, -0.2) is 136 Å². The van der Waals surface area contributed by atoms with Crippen molar-refractivity contribution in [1.82, 2.24) is 25.8 Å². The molecule has 0 unspecified atom stereocenters. The largest absolute Gasteiger partial charge is 0.459 e. The predicted molar refractivity (Wildman–Crippen MR) is 223 cm³/mol. The number of hydrazine groups is 2. The monoisotopic (exact) mass is 870 g/mol. The Kier molecular flexibility index (Phi) is 16.9. The number of halogens is 3. The molecule has 3 aliphatic rings. The molecule has 1 aromatic carbocycles. The third-order valence-corrected chi connectivity index (χ3v) is 13.1. The van der Waals surface area contributed by atoms with Gasteiger partial charge in [0.05, 0.1) is 41.2 Å². The van der Waals surface area contributed by atoms with Crippen LogP contribution in [0.3, 0.4) is 0 Å². The Morgan fingerprint density at radius 1 is 1.03 bits per heavy atom. The first-order valence-corrected chi connectivity index (χ1v) is 21.5. The van der Waals surface area contributed by atoms with Crippen molar-refractivity contribution in [1.29, 1.82) is 0 Å². The molecule has 1 saturated carbocycles. The summed E-state index contributed by atoms with van der Waals surface area (Å²) in [5.41, 5.74) is 3.01. The van der Waals surface area contributed by atoms with E-state index in [1.54, 1.807) is 32.0 Å². The minimum Gasteiger partial charge on any atom is -0.459 e. The van der Waals surface area contributed by atoms with Gasteiger partial charge < -0.3 is 44.8 Å². The van der Waals surface area contributed by atoms with E-state index in [4.69, 9.17) is 14.2 Å². The van der Waals surface area contributed by atoms with Gasteiger partial charge >= 0.3 is 12.1 Å². The van der Waals surface area contributed by atoms with E-state index in [-0.39, 0.29) is 49.6 Å². The number of aliphatic hydroxyl groups excluding tert-OH is 2. The molecule has 1 aliphatic carbocycles. The summed E-state index contributed by atoms with van der Waals surface area (Å²) in [5, 5.41) is 37.0. The van der Waals surface area contributed by atoms with Gasteiger partial charge in [-0.05, 0) is 97.9 Å². The number of rotatable bonds is 10. The van der Waals surface area contributed by atoms with E-state index in [1.807, 2.05) is 32.8 Å². The smallest absolute Gasteiger partial charge is 0.416 e. The van der Waals surface area contributed by atoms with Crippen molar-refractivity contribution in [2.75, 3.05) is 34.3 Å². The summed E-state index contributed by atoms with van der Waals surface area (Å²) < 4.78 is 58.2. The molecule has 4 rings (SSSR count). The highest BCUT2D eigenvalue weighted by Gasteiger charge is 2.51. The van der Waals surface area contributed by atoms with Crippen LogP contribution in [-0.2, 0) is 34.8 Å². The molecular formula is C44H70F3N5O9. The van der Waals surface area contributed by atoms with E-state index in [0.717, 1.165) is 18.6 Å². The number of hydrogen-bond acceptors (Lipinski definition) is 13.